The Hall–Kier alpha value is -2.48. The number of H-pyrrole nitrogens is 1. The van der Waals surface area contributed by atoms with Crippen molar-refractivity contribution in [3.8, 4) is 17.6 Å². The standard InChI is InChI=1S/C12H10N2O3/c1-16-8-4-9-10(15)3-7(6-13)14-12(9)11(5-8)17-2/h3-5H,1-2H3,(H,14,15). The molecule has 0 atom stereocenters. The van der Waals surface area contributed by atoms with Crippen molar-refractivity contribution in [1.82, 2.24) is 4.98 Å². The highest BCUT2D eigenvalue weighted by atomic mass is 16.5. The second-order valence-electron chi connectivity index (χ2n) is 3.41. The van der Waals surface area contributed by atoms with Crippen LogP contribution in [0.4, 0.5) is 0 Å². The number of benzene rings is 1. The number of nitrogens with zero attached hydrogens (tertiary/aromatic N) is 1. The van der Waals surface area contributed by atoms with Gasteiger partial charge in [-0.2, -0.15) is 5.26 Å². The molecule has 2 rings (SSSR count). The van der Waals surface area contributed by atoms with Gasteiger partial charge in [-0.25, -0.2) is 0 Å². The first-order valence-electron chi connectivity index (χ1n) is 4.88. The molecule has 0 unspecified atom stereocenters. The van der Waals surface area contributed by atoms with Crippen LogP contribution in [0.3, 0.4) is 0 Å². The summed E-state index contributed by atoms with van der Waals surface area (Å²) in [6.07, 6.45) is 0. The van der Waals surface area contributed by atoms with Gasteiger partial charge in [0.05, 0.1) is 25.1 Å². The lowest BCUT2D eigenvalue weighted by atomic mass is 10.1. The topological polar surface area (TPSA) is 75.1 Å². The van der Waals surface area contributed by atoms with Crippen LogP contribution < -0.4 is 14.9 Å². The van der Waals surface area contributed by atoms with Gasteiger partial charge in [-0.05, 0) is 6.07 Å². The van der Waals surface area contributed by atoms with Crippen molar-refractivity contribution < 1.29 is 9.47 Å². The first-order chi connectivity index (χ1) is 8.19. The maximum Gasteiger partial charge on any atom is 0.191 e. The third-order valence-electron chi connectivity index (χ3n) is 2.45. The van der Waals surface area contributed by atoms with Gasteiger partial charge in [0.1, 0.15) is 23.3 Å². The SMILES string of the molecule is COc1cc(OC)c2[nH]c(C#N)cc(=O)c2c1. The first-order valence-corrected chi connectivity index (χ1v) is 4.88. The third-order valence-corrected chi connectivity index (χ3v) is 2.45. The maximum atomic E-state index is 11.8. The van der Waals surface area contributed by atoms with E-state index in [0.29, 0.717) is 22.4 Å². The van der Waals surface area contributed by atoms with Crippen molar-refractivity contribution in [2.75, 3.05) is 14.2 Å². The lowest BCUT2D eigenvalue weighted by Crippen LogP contribution is -2.05. The molecule has 1 N–H and O–H groups in total. The molecule has 1 aromatic heterocycles. The molecule has 0 bridgehead atoms. The van der Waals surface area contributed by atoms with Crippen LogP contribution in [0, 0.1) is 11.3 Å². The Kier molecular flexibility index (Phi) is 2.71. The zero-order chi connectivity index (χ0) is 12.4. The van der Waals surface area contributed by atoms with Crippen molar-refractivity contribution in [2.24, 2.45) is 0 Å². The van der Waals surface area contributed by atoms with Gasteiger partial charge in [-0.1, -0.05) is 0 Å². The molecule has 5 nitrogen and oxygen atoms in total. The average molecular weight is 230 g/mol. The van der Waals surface area contributed by atoms with Gasteiger partial charge < -0.3 is 14.5 Å². The van der Waals surface area contributed by atoms with Crippen molar-refractivity contribution in [2.45, 2.75) is 0 Å². The zero-order valence-electron chi connectivity index (χ0n) is 9.40. The summed E-state index contributed by atoms with van der Waals surface area (Å²) in [5.74, 6) is 0.998. The Morgan fingerprint density at radius 3 is 2.59 bits per heavy atom. The second-order valence-corrected chi connectivity index (χ2v) is 3.41. The lowest BCUT2D eigenvalue weighted by Gasteiger charge is -2.08. The van der Waals surface area contributed by atoms with E-state index in [1.807, 2.05) is 6.07 Å². The number of fused-ring (bicyclic) bond motifs is 1. The van der Waals surface area contributed by atoms with Gasteiger partial charge in [0.15, 0.2) is 5.43 Å². The van der Waals surface area contributed by atoms with Crippen LogP contribution in [0.15, 0.2) is 23.0 Å². The number of rotatable bonds is 2. The van der Waals surface area contributed by atoms with Crippen LogP contribution in [-0.4, -0.2) is 19.2 Å². The lowest BCUT2D eigenvalue weighted by molar-refractivity contribution is 0.397. The quantitative estimate of drug-likeness (QED) is 0.846. The summed E-state index contributed by atoms with van der Waals surface area (Å²) >= 11 is 0. The summed E-state index contributed by atoms with van der Waals surface area (Å²) in [7, 11) is 3.00. The molecule has 0 fully saturated rings. The van der Waals surface area contributed by atoms with Gasteiger partial charge in [-0.15, -0.1) is 0 Å². The van der Waals surface area contributed by atoms with Crippen molar-refractivity contribution in [1.29, 1.82) is 5.26 Å². The molecule has 0 amide bonds. The highest BCUT2D eigenvalue weighted by Gasteiger charge is 2.09. The van der Waals surface area contributed by atoms with Crippen LogP contribution >= 0.6 is 0 Å². The van der Waals surface area contributed by atoms with Gasteiger partial charge in [-0.3, -0.25) is 4.79 Å². The predicted octanol–water partition coefficient (Wildman–Crippen LogP) is 1.42. The van der Waals surface area contributed by atoms with Crippen molar-refractivity contribution >= 4 is 10.9 Å². The van der Waals surface area contributed by atoms with E-state index in [4.69, 9.17) is 14.7 Å². The number of nitrogens with one attached hydrogen (secondary N) is 1. The highest BCUT2D eigenvalue weighted by molar-refractivity contribution is 5.86. The average Bonchev–Trinajstić information content (AvgIpc) is 2.37. The molecule has 1 aromatic carbocycles. The summed E-state index contributed by atoms with van der Waals surface area (Å²) in [6, 6.07) is 6.41. The molecule has 0 aliphatic heterocycles. The van der Waals surface area contributed by atoms with E-state index in [2.05, 4.69) is 4.98 Å². The Morgan fingerprint density at radius 1 is 1.24 bits per heavy atom. The van der Waals surface area contributed by atoms with E-state index >= 15 is 0 Å². The summed E-state index contributed by atoms with van der Waals surface area (Å²) in [5, 5.41) is 9.23. The summed E-state index contributed by atoms with van der Waals surface area (Å²) in [4.78, 5) is 14.7. The third kappa shape index (κ3) is 1.81. The van der Waals surface area contributed by atoms with Crippen LogP contribution in [0.5, 0.6) is 11.5 Å². The van der Waals surface area contributed by atoms with E-state index < -0.39 is 0 Å². The number of hydrogen-bond acceptors (Lipinski definition) is 4. The van der Waals surface area contributed by atoms with Crippen LogP contribution in [0.1, 0.15) is 5.69 Å². The van der Waals surface area contributed by atoms with Crippen LogP contribution in [0.2, 0.25) is 0 Å². The van der Waals surface area contributed by atoms with Gasteiger partial charge in [0.2, 0.25) is 0 Å². The summed E-state index contributed by atoms with van der Waals surface area (Å²) in [6.45, 7) is 0. The zero-order valence-corrected chi connectivity index (χ0v) is 9.40. The molecule has 0 aliphatic carbocycles. The minimum atomic E-state index is -0.243. The largest absolute Gasteiger partial charge is 0.497 e. The highest BCUT2D eigenvalue weighted by Crippen LogP contribution is 2.27. The maximum absolute atomic E-state index is 11.8. The fraction of sp³-hybridized carbons (Fsp3) is 0.167. The smallest absolute Gasteiger partial charge is 0.191 e. The molecule has 86 valence electrons. The number of ether oxygens (including phenoxy) is 2. The molecule has 2 aromatic rings. The molecule has 5 heteroatoms. The Balaban J connectivity index is 2.90. The van der Waals surface area contributed by atoms with E-state index in [1.54, 1.807) is 12.1 Å². The van der Waals surface area contributed by atoms with Crippen molar-refractivity contribution in [3.05, 3.63) is 34.1 Å². The molecule has 0 saturated carbocycles. The van der Waals surface area contributed by atoms with E-state index in [1.165, 1.54) is 20.3 Å². The first kappa shape index (κ1) is 11.0. The number of hydrogen-bond donors (Lipinski definition) is 1. The second kappa shape index (κ2) is 4.18. The van der Waals surface area contributed by atoms with Crippen molar-refractivity contribution in [3.63, 3.8) is 0 Å². The monoisotopic (exact) mass is 230 g/mol. The molecule has 17 heavy (non-hydrogen) atoms. The predicted molar refractivity (Wildman–Crippen MR) is 62.4 cm³/mol. The van der Waals surface area contributed by atoms with E-state index in [0.717, 1.165) is 0 Å². The van der Waals surface area contributed by atoms with Crippen LogP contribution in [-0.2, 0) is 0 Å². The van der Waals surface area contributed by atoms with Gasteiger partial charge in [0, 0.05) is 12.1 Å². The van der Waals surface area contributed by atoms with Gasteiger partial charge in [0.25, 0.3) is 0 Å². The fourth-order valence-electron chi connectivity index (χ4n) is 1.63. The number of aromatic nitrogens is 1. The Bertz CT molecular complexity index is 668. The minimum Gasteiger partial charge on any atom is -0.497 e. The van der Waals surface area contributed by atoms with Crippen LogP contribution in [0.25, 0.3) is 10.9 Å². The van der Waals surface area contributed by atoms with E-state index in [9.17, 15) is 4.79 Å². The number of nitriles is 1. The normalized spacial score (nSPS) is 9.94. The van der Waals surface area contributed by atoms with Gasteiger partial charge >= 0.3 is 0 Å². The molecule has 0 spiro atoms. The van der Waals surface area contributed by atoms with E-state index in [-0.39, 0.29) is 11.1 Å². The number of aromatic amines is 1. The summed E-state index contributed by atoms with van der Waals surface area (Å²) < 4.78 is 10.2. The Morgan fingerprint density at radius 2 is 2.00 bits per heavy atom. The fourth-order valence-corrected chi connectivity index (χ4v) is 1.63. The number of pyridine rings is 1. The molecule has 0 radical (unpaired) electrons. The molecular formula is C12H10N2O3. The molecule has 1 heterocycles. The minimum absolute atomic E-state index is 0.200. The molecular weight excluding hydrogens is 220 g/mol. The number of methoxy groups -OCH3 is 2. The Labute approximate surface area is 97.2 Å². The summed E-state index contributed by atoms with van der Waals surface area (Å²) in [5.41, 5.74) is 0.454. The molecule has 0 aliphatic rings. The molecule has 0 saturated heterocycles.